The van der Waals surface area contributed by atoms with Crippen molar-refractivity contribution in [2.75, 3.05) is 12.3 Å². The summed E-state index contributed by atoms with van der Waals surface area (Å²) in [5.41, 5.74) is 8.16. The molecule has 0 spiro atoms. The van der Waals surface area contributed by atoms with Crippen molar-refractivity contribution in [2.24, 2.45) is 9.98 Å². The first-order valence-electron chi connectivity index (χ1n) is 9.93. The number of amides is 1. The molecule has 7 nitrogen and oxygen atoms in total. The van der Waals surface area contributed by atoms with Crippen LogP contribution in [-0.4, -0.2) is 34.3 Å². The molecule has 0 bridgehead atoms. The number of halogens is 2. The van der Waals surface area contributed by atoms with E-state index in [2.05, 4.69) is 20.4 Å². The minimum absolute atomic E-state index is 0.234. The van der Waals surface area contributed by atoms with Gasteiger partial charge in [-0.2, -0.15) is 13.9 Å². The van der Waals surface area contributed by atoms with E-state index in [1.165, 1.54) is 16.9 Å². The van der Waals surface area contributed by atoms with Gasteiger partial charge in [0.1, 0.15) is 11.5 Å². The number of alkyl halides is 2. The van der Waals surface area contributed by atoms with Crippen LogP contribution in [0.1, 0.15) is 47.9 Å². The number of dihydropyridines is 1. The van der Waals surface area contributed by atoms with Gasteiger partial charge in [0, 0.05) is 54.8 Å². The molecule has 0 fully saturated rings. The van der Waals surface area contributed by atoms with Crippen LogP contribution in [0.4, 0.5) is 14.5 Å². The topological polar surface area (TPSA) is 97.7 Å². The zero-order chi connectivity index (χ0) is 22.0. The van der Waals surface area contributed by atoms with Gasteiger partial charge < -0.3 is 11.1 Å². The fourth-order valence-corrected chi connectivity index (χ4v) is 3.39. The average molecular weight is 424 g/mol. The first kappa shape index (κ1) is 20.6. The smallest absolute Gasteiger partial charge is 0.287 e. The highest BCUT2D eigenvalue weighted by molar-refractivity contribution is 6.09. The van der Waals surface area contributed by atoms with Crippen LogP contribution in [0.15, 0.2) is 58.3 Å². The lowest BCUT2D eigenvalue weighted by molar-refractivity contribution is 0.0108. The Kier molecular flexibility index (Phi) is 5.50. The molecule has 1 aromatic carbocycles. The minimum atomic E-state index is -3.09. The van der Waals surface area contributed by atoms with Gasteiger partial charge in [-0.25, -0.2) is 9.67 Å². The largest absolute Gasteiger partial charge is 0.399 e. The molecule has 3 heterocycles. The molecule has 2 aromatic rings. The maximum Gasteiger partial charge on any atom is 0.287 e. The number of nitrogens with one attached hydrogen (secondary N) is 1. The van der Waals surface area contributed by atoms with E-state index in [0.717, 1.165) is 18.9 Å². The van der Waals surface area contributed by atoms with Gasteiger partial charge in [-0.3, -0.25) is 9.79 Å². The van der Waals surface area contributed by atoms with Crippen LogP contribution in [0.3, 0.4) is 0 Å². The highest BCUT2D eigenvalue weighted by Gasteiger charge is 2.32. The van der Waals surface area contributed by atoms with E-state index < -0.39 is 5.92 Å². The third-order valence-corrected chi connectivity index (χ3v) is 4.96. The van der Waals surface area contributed by atoms with Crippen molar-refractivity contribution < 1.29 is 13.6 Å². The molecule has 9 heteroatoms. The van der Waals surface area contributed by atoms with Gasteiger partial charge in [0.05, 0.1) is 5.69 Å². The summed E-state index contributed by atoms with van der Waals surface area (Å²) in [6.07, 6.45) is 6.59. The lowest BCUT2D eigenvalue weighted by Crippen LogP contribution is -2.27. The van der Waals surface area contributed by atoms with Gasteiger partial charge >= 0.3 is 0 Å². The lowest BCUT2D eigenvalue weighted by Gasteiger charge is -2.18. The summed E-state index contributed by atoms with van der Waals surface area (Å²) in [5, 5.41) is 7.17. The zero-order valence-electron chi connectivity index (χ0n) is 17.0. The van der Waals surface area contributed by atoms with Gasteiger partial charge in [-0.1, -0.05) is 12.1 Å². The Morgan fingerprint density at radius 3 is 2.74 bits per heavy atom. The van der Waals surface area contributed by atoms with Crippen LogP contribution in [-0.2, 0) is 5.92 Å². The molecule has 31 heavy (non-hydrogen) atoms. The van der Waals surface area contributed by atoms with Gasteiger partial charge in [0.25, 0.3) is 11.8 Å². The Balaban J connectivity index is 1.59. The molecular formula is C22H22F2N6O. The van der Waals surface area contributed by atoms with E-state index in [1.54, 1.807) is 30.5 Å². The quantitative estimate of drug-likeness (QED) is 0.732. The number of nitrogens with zero attached hydrogens (tertiary/aromatic N) is 4. The monoisotopic (exact) mass is 424 g/mol. The van der Waals surface area contributed by atoms with E-state index in [0.29, 0.717) is 47.9 Å². The molecule has 0 unspecified atom stereocenters. The summed E-state index contributed by atoms with van der Waals surface area (Å²) in [6.45, 7) is 1.52. The number of aromatic nitrogens is 2. The van der Waals surface area contributed by atoms with Crippen molar-refractivity contribution in [3.05, 3.63) is 65.3 Å². The summed E-state index contributed by atoms with van der Waals surface area (Å²) in [6, 6.07) is 8.02. The molecule has 1 aromatic heterocycles. The summed E-state index contributed by atoms with van der Waals surface area (Å²) in [5.74, 6) is -3.01. The van der Waals surface area contributed by atoms with E-state index in [4.69, 9.17) is 5.73 Å². The predicted molar refractivity (Wildman–Crippen MR) is 116 cm³/mol. The van der Waals surface area contributed by atoms with Crippen LogP contribution in [0.2, 0.25) is 0 Å². The molecular weight excluding hydrogens is 402 g/mol. The Labute approximate surface area is 178 Å². The second-order valence-corrected chi connectivity index (χ2v) is 7.48. The van der Waals surface area contributed by atoms with Crippen molar-refractivity contribution in [1.82, 2.24) is 15.1 Å². The first-order valence-corrected chi connectivity index (χ1v) is 9.93. The second kappa shape index (κ2) is 8.25. The minimum Gasteiger partial charge on any atom is -0.399 e. The highest BCUT2D eigenvalue weighted by Crippen LogP contribution is 2.30. The molecule has 2 aliphatic rings. The molecule has 0 radical (unpaired) electrons. The summed E-state index contributed by atoms with van der Waals surface area (Å²) in [4.78, 5) is 20.9. The third-order valence-electron chi connectivity index (χ3n) is 4.96. The maximum atomic E-state index is 14.3. The van der Waals surface area contributed by atoms with Crippen LogP contribution >= 0.6 is 0 Å². The van der Waals surface area contributed by atoms with Gasteiger partial charge in [0.15, 0.2) is 0 Å². The molecule has 4 rings (SSSR count). The normalized spacial score (nSPS) is 16.4. The number of aliphatic imine (C=N–C) groups is 2. The van der Waals surface area contributed by atoms with Gasteiger partial charge in [0.2, 0.25) is 0 Å². The summed E-state index contributed by atoms with van der Waals surface area (Å²) in [7, 11) is 0. The standard InChI is InChI=1S/C22H22F2N6O/c1-22(23,24)19-11-18(15-5-3-9-26-12-15)29-30(19)20-8-7-17(13-27-20)28-21(31)14-4-2-6-16(25)10-14/h2,4-6,10-13H,3,7-9,25H2,1H3,(H,28,31). The number of allylic oxidation sites excluding steroid dienone is 2. The molecule has 0 aliphatic carbocycles. The number of nitrogen functional groups attached to an aromatic ring is 1. The molecule has 1 amide bonds. The lowest BCUT2D eigenvalue weighted by atomic mass is 10.1. The molecule has 3 N–H and O–H groups in total. The van der Waals surface area contributed by atoms with Crippen molar-refractivity contribution in [2.45, 2.75) is 32.1 Å². The maximum absolute atomic E-state index is 14.3. The third kappa shape index (κ3) is 4.60. The van der Waals surface area contributed by atoms with Crippen LogP contribution in [0, 0.1) is 0 Å². The summed E-state index contributed by atoms with van der Waals surface area (Å²) >= 11 is 0. The summed E-state index contributed by atoms with van der Waals surface area (Å²) < 4.78 is 29.7. The van der Waals surface area contributed by atoms with Gasteiger partial charge in [-0.05, 0) is 37.1 Å². The number of carbonyl (C=O) groups excluding carboxylic acids is 1. The number of benzene rings is 1. The molecule has 2 aliphatic heterocycles. The fraction of sp³-hybridized carbons (Fsp3) is 0.273. The van der Waals surface area contributed by atoms with E-state index >= 15 is 0 Å². The van der Waals surface area contributed by atoms with Crippen molar-refractivity contribution in [1.29, 1.82) is 0 Å². The number of hydrogen-bond acceptors (Lipinski definition) is 5. The van der Waals surface area contributed by atoms with E-state index in [1.807, 2.05) is 6.08 Å². The Bertz CT molecular complexity index is 1140. The van der Waals surface area contributed by atoms with E-state index in [-0.39, 0.29) is 11.6 Å². The molecule has 160 valence electrons. The number of rotatable bonds is 4. The average Bonchev–Trinajstić information content (AvgIpc) is 3.21. The highest BCUT2D eigenvalue weighted by atomic mass is 19.3. The first-order chi connectivity index (χ1) is 14.8. The van der Waals surface area contributed by atoms with Gasteiger partial charge in [-0.15, -0.1) is 0 Å². The number of hydrogen-bond donors (Lipinski definition) is 2. The number of carbonyl (C=O) groups is 1. The zero-order valence-corrected chi connectivity index (χ0v) is 17.0. The van der Waals surface area contributed by atoms with E-state index in [9.17, 15) is 13.6 Å². The number of anilines is 1. The van der Waals surface area contributed by atoms with Crippen molar-refractivity contribution >= 4 is 29.2 Å². The SMILES string of the molecule is CC(F)(F)c1cc(C2=CCCN=C2)nn1C1=NC=C(NC(=O)c2cccc(N)c2)CC1. The molecule has 0 atom stereocenters. The van der Waals surface area contributed by atoms with Crippen LogP contribution < -0.4 is 11.1 Å². The van der Waals surface area contributed by atoms with Crippen LogP contribution in [0.5, 0.6) is 0 Å². The van der Waals surface area contributed by atoms with Crippen molar-refractivity contribution in [3.63, 3.8) is 0 Å². The molecule has 0 saturated carbocycles. The van der Waals surface area contributed by atoms with Crippen LogP contribution in [0.25, 0.3) is 5.57 Å². The molecule has 0 saturated heterocycles. The predicted octanol–water partition coefficient (Wildman–Crippen LogP) is 3.75. The number of nitrogens with two attached hydrogens (primary N) is 1. The second-order valence-electron chi connectivity index (χ2n) is 7.48. The van der Waals surface area contributed by atoms with Crippen molar-refractivity contribution in [3.8, 4) is 0 Å². The Morgan fingerprint density at radius 1 is 1.26 bits per heavy atom. The fourth-order valence-electron chi connectivity index (χ4n) is 3.39. The Hall–Kier alpha value is -3.62. The Morgan fingerprint density at radius 2 is 2.10 bits per heavy atom.